The highest BCUT2D eigenvalue weighted by molar-refractivity contribution is 9.10. The Bertz CT molecular complexity index is 400. The van der Waals surface area contributed by atoms with Crippen molar-refractivity contribution in [2.24, 2.45) is 5.92 Å². The van der Waals surface area contributed by atoms with Crippen molar-refractivity contribution >= 4 is 40.7 Å². The SMILES string of the molecule is Brc1ccc([C@H](C2CCCCC2)N2CCNCC2)nc1.Cl.Cl. The summed E-state index contributed by atoms with van der Waals surface area (Å²) in [5.74, 6) is 0.788. The Kier molecular flexibility index (Phi) is 9.25. The van der Waals surface area contributed by atoms with Gasteiger partial charge >= 0.3 is 0 Å². The van der Waals surface area contributed by atoms with Crippen LogP contribution in [0.25, 0.3) is 0 Å². The standard InChI is InChI=1S/C16H24BrN3.2ClH/c17-14-6-7-15(19-12-14)16(13-4-2-1-3-5-13)20-10-8-18-9-11-20;;/h6-7,12-13,16,18H,1-5,8-11H2;2*1H/t16-;;/m0../s1. The van der Waals surface area contributed by atoms with Gasteiger partial charge in [0.25, 0.3) is 0 Å². The molecule has 0 amide bonds. The number of hydrogen-bond acceptors (Lipinski definition) is 3. The molecule has 1 saturated carbocycles. The molecule has 3 rings (SSSR count). The number of pyridine rings is 1. The normalized spacial score (nSPS) is 21.5. The summed E-state index contributed by atoms with van der Waals surface area (Å²) in [5.41, 5.74) is 1.27. The van der Waals surface area contributed by atoms with Gasteiger partial charge in [-0.3, -0.25) is 9.88 Å². The van der Waals surface area contributed by atoms with E-state index in [9.17, 15) is 0 Å². The van der Waals surface area contributed by atoms with Gasteiger partial charge in [0.1, 0.15) is 0 Å². The lowest BCUT2D eigenvalue weighted by molar-refractivity contribution is 0.100. The first-order chi connectivity index (χ1) is 9.84. The number of hydrogen-bond donors (Lipinski definition) is 1. The maximum atomic E-state index is 4.72. The van der Waals surface area contributed by atoms with Crippen LogP contribution < -0.4 is 5.32 Å². The molecule has 0 unspecified atom stereocenters. The minimum atomic E-state index is 0. The summed E-state index contributed by atoms with van der Waals surface area (Å²) < 4.78 is 1.07. The lowest BCUT2D eigenvalue weighted by Gasteiger charge is -2.40. The van der Waals surface area contributed by atoms with Gasteiger partial charge < -0.3 is 5.32 Å². The number of halogens is 3. The molecular weight excluding hydrogens is 385 g/mol. The fourth-order valence-corrected chi connectivity index (χ4v) is 3.93. The van der Waals surface area contributed by atoms with E-state index >= 15 is 0 Å². The van der Waals surface area contributed by atoms with E-state index in [0.29, 0.717) is 6.04 Å². The van der Waals surface area contributed by atoms with E-state index in [1.807, 2.05) is 6.20 Å². The van der Waals surface area contributed by atoms with E-state index in [-0.39, 0.29) is 24.8 Å². The molecule has 0 aromatic carbocycles. The maximum Gasteiger partial charge on any atom is 0.0579 e. The molecular formula is C16H26BrCl2N3. The van der Waals surface area contributed by atoms with Crippen LogP contribution in [0.15, 0.2) is 22.8 Å². The second-order valence-electron chi connectivity index (χ2n) is 6.03. The van der Waals surface area contributed by atoms with Crippen molar-refractivity contribution in [2.75, 3.05) is 26.2 Å². The van der Waals surface area contributed by atoms with Gasteiger partial charge in [0.2, 0.25) is 0 Å². The molecule has 22 heavy (non-hydrogen) atoms. The summed E-state index contributed by atoms with van der Waals surface area (Å²) in [6, 6.07) is 4.87. The summed E-state index contributed by atoms with van der Waals surface area (Å²) in [6.45, 7) is 4.53. The predicted molar refractivity (Wildman–Crippen MR) is 100 cm³/mol. The van der Waals surface area contributed by atoms with Gasteiger partial charge in [-0.25, -0.2) is 0 Å². The fourth-order valence-electron chi connectivity index (χ4n) is 3.70. The summed E-state index contributed by atoms with van der Waals surface area (Å²) >= 11 is 3.50. The minimum Gasteiger partial charge on any atom is -0.314 e. The van der Waals surface area contributed by atoms with E-state index in [1.165, 1.54) is 37.8 Å². The average molecular weight is 411 g/mol. The Labute approximate surface area is 154 Å². The average Bonchev–Trinajstić information content (AvgIpc) is 2.52. The summed E-state index contributed by atoms with van der Waals surface area (Å²) in [4.78, 5) is 7.38. The molecule has 1 aromatic rings. The molecule has 0 radical (unpaired) electrons. The highest BCUT2D eigenvalue weighted by Crippen LogP contribution is 2.37. The van der Waals surface area contributed by atoms with Crippen molar-refractivity contribution in [1.29, 1.82) is 0 Å². The number of aromatic nitrogens is 1. The van der Waals surface area contributed by atoms with Gasteiger partial charge in [-0.1, -0.05) is 19.3 Å². The first kappa shape index (κ1) is 20.2. The first-order valence-electron chi connectivity index (χ1n) is 7.91. The third kappa shape index (κ3) is 5.07. The van der Waals surface area contributed by atoms with E-state index in [1.54, 1.807) is 0 Å². The molecule has 2 aliphatic rings. The van der Waals surface area contributed by atoms with Crippen LogP contribution in [0.4, 0.5) is 0 Å². The molecule has 1 aliphatic carbocycles. The van der Waals surface area contributed by atoms with Crippen LogP contribution in [0.3, 0.4) is 0 Å². The third-order valence-corrected chi connectivity index (χ3v) is 5.16. The molecule has 1 aromatic heterocycles. The highest BCUT2D eigenvalue weighted by atomic mass is 79.9. The van der Waals surface area contributed by atoms with Crippen molar-refractivity contribution in [1.82, 2.24) is 15.2 Å². The van der Waals surface area contributed by atoms with Crippen molar-refractivity contribution < 1.29 is 0 Å². The molecule has 6 heteroatoms. The Morgan fingerprint density at radius 1 is 1.09 bits per heavy atom. The summed E-state index contributed by atoms with van der Waals surface area (Å²) in [6.07, 6.45) is 8.89. The topological polar surface area (TPSA) is 28.2 Å². The van der Waals surface area contributed by atoms with Gasteiger partial charge in [0.15, 0.2) is 0 Å². The smallest absolute Gasteiger partial charge is 0.0579 e. The molecule has 2 heterocycles. The van der Waals surface area contributed by atoms with Crippen LogP contribution in [0.1, 0.15) is 43.8 Å². The molecule has 3 nitrogen and oxygen atoms in total. The van der Waals surface area contributed by atoms with Crippen molar-refractivity contribution in [3.63, 3.8) is 0 Å². The van der Waals surface area contributed by atoms with E-state index in [0.717, 1.165) is 36.6 Å². The van der Waals surface area contributed by atoms with E-state index in [4.69, 9.17) is 4.98 Å². The second-order valence-corrected chi connectivity index (χ2v) is 6.95. The molecule has 0 bridgehead atoms. The van der Waals surface area contributed by atoms with Gasteiger partial charge in [0, 0.05) is 36.8 Å². The molecule has 1 aliphatic heterocycles. The Hall–Kier alpha value is 0.130. The number of rotatable bonds is 3. The zero-order chi connectivity index (χ0) is 13.8. The van der Waals surface area contributed by atoms with E-state index in [2.05, 4.69) is 38.3 Å². The number of nitrogens with one attached hydrogen (secondary N) is 1. The summed E-state index contributed by atoms with van der Waals surface area (Å²) in [7, 11) is 0. The molecule has 1 atom stereocenters. The Balaban J connectivity index is 0.00000121. The Morgan fingerprint density at radius 2 is 1.77 bits per heavy atom. The van der Waals surface area contributed by atoms with Crippen LogP contribution in [0.5, 0.6) is 0 Å². The van der Waals surface area contributed by atoms with Gasteiger partial charge in [0.05, 0.1) is 11.7 Å². The van der Waals surface area contributed by atoms with Gasteiger partial charge in [-0.05, 0) is 46.8 Å². The van der Waals surface area contributed by atoms with Crippen molar-refractivity contribution in [2.45, 2.75) is 38.1 Å². The highest BCUT2D eigenvalue weighted by Gasteiger charge is 2.31. The first-order valence-corrected chi connectivity index (χ1v) is 8.70. The number of piperazine rings is 1. The van der Waals surface area contributed by atoms with Crippen LogP contribution in [-0.2, 0) is 0 Å². The quantitative estimate of drug-likeness (QED) is 0.808. The Morgan fingerprint density at radius 3 is 2.36 bits per heavy atom. The fraction of sp³-hybridized carbons (Fsp3) is 0.688. The monoisotopic (exact) mass is 409 g/mol. The third-order valence-electron chi connectivity index (χ3n) is 4.69. The van der Waals surface area contributed by atoms with Crippen LogP contribution in [-0.4, -0.2) is 36.1 Å². The second kappa shape index (κ2) is 10.1. The zero-order valence-electron chi connectivity index (χ0n) is 12.8. The maximum absolute atomic E-state index is 4.72. The van der Waals surface area contributed by atoms with Crippen molar-refractivity contribution in [3.8, 4) is 0 Å². The number of nitrogens with zero attached hydrogens (tertiary/aromatic N) is 2. The van der Waals surface area contributed by atoms with Gasteiger partial charge in [-0.15, -0.1) is 24.8 Å². The van der Waals surface area contributed by atoms with E-state index < -0.39 is 0 Å². The van der Waals surface area contributed by atoms with Gasteiger partial charge in [-0.2, -0.15) is 0 Å². The summed E-state index contributed by atoms with van der Waals surface area (Å²) in [5, 5.41) is 3.46. The zero-order valence-corrected chi connectivity index (χ0v) is 16.1. The molecule has 1 N–H and O–H groups in total. The molecule has 2 fully saturated rings. The lowest BCUT2D eigenvalue weighted by atomic mass is 9.81. The lowest BCUT2D eigenvalue weighted by Crippen LogP contribution is -2.47. The van der Waals surface area contributed by atoms with Crippen LogP contribution >= 0.6 is 40.7 Å². The minimum absolute atomic E-state index is 0. The molecule has 0 spiro atoms. The molecule has 1 saturated heterocycles. The predicted octanol–water partition coefficient (Wildman–Crippen LogP) is 4.21. The van der Waals surface area contributed by atoms with Crippen LogP contribution in [0.2, 0.25) is 0 Å². The van der Waals surface area contributed by atoms with Crippen molar-refractivity contribution in [3.05, 3.63) is 28.5 Å². The van der Waals surface area contributed by atoms with Crippen LogP contribution in [0, 0.1) is 5.92 Å². The molecule has 126 valence electrons. The largest absolute Gasteiger partial charge is 0.314 e.